The van der Waals surface area contributed by atoms with E-state index in [1.54, 1.807) is 25.1 Å². The molecule has 0 fully saturated rings. The number of benzene rings is 4. The smallest absolute Gasteiger partial charge is 0.264 e. The predicted octanol–water partition coefficient (Wildman–Crippen LogP) is 6.71. The van der Waals surface area contributed by atoms with Gasteiger partial charge in [-0.05, 0) is 74.2 Å². The van der Waals surface area contributed by atoms with Gasteiger partial charge in [-0.2, -0.15) is 0 Å². The summed E-state index contributed by atoms with van der Waals surface area (Å²) in [6.45, 7) is 7.27. The van der Waals surface area contributed by atoms with Gasteiger partial charge in [0.05, 0.1) is 10.6 Å². The van der Waals surface area contributed by atoms with E-state index in [0.29, 0.717) is 16.3 Å². The minimum Gasteiger partial charge on any atom is -0.352 e. The average molecular weight is 646 g/mol. The molecule has 9 heteroatoms. The van der Waals surface area contributed by atoms with Gasteiger partial charge in [-0.25, -0.2) is 8.42 Å². The summed E-state index contributed by atoms with van der Waals surface area (Å²) >= 11 is 6.07. The first-order valence-electron chi connectivity index (χ1n) is 15.0. The van der Waals surface area contributed by atoms with Crippen molar-refractivity contribution in [1.82, 2.24) is 10.2 Å². The van der Waals surface area contributed by atoms with Gasteiger partial charge in [0.2, 0.25) is 11.8 Å². The fraction of sp³-hybridized carbons (Fsp3) is 0.278. The second-order valence-corrected chi connectivity index (χ2v) is 13.6. The molecule has 7 nitrogen and oxygen atoms in total. The normalized spacial score (nSPS) is 12.6. The van der Waals surface area contributed by atoms with Crippen LogP contribution in [0, 0.1) is 13.8 Å². The van der Waals surface area contributed by atoms with Crippen molar-refractivity contribution >= 4 is 39.1 Å². The minimum atomic E-state index is -4.20. The van der Waals surface area contributed by atoms with Crippen LogP contribution in [0.15, 0.2) is 108 Å². The fourth-order valence-corrected chi connectivity index (χ4v) is 6.70. The second kappa shape index (κ2) is 15.2. The molecule has 0 bridgehead atoms. The van der Waals surface area contributed by atoms with Gasteiger partial charge in [0, 0.05) is 24.0 Å². The second-order valence-electron chi connectivity index (χ2n) is 11.3. The maximum atomic E-state index is 14.6. The fourth-order valence-electron chi connectivity index (χ4n) is 5.09. The first-order chi connectivity index (χ1) is 21.5. The molecule has 2 amide bonds. The number of aryl methyl sites for hydroxylation is 2. The Labute approximate surface area is 271 Å². The number of anilines is 1. The Morgan fingerprint density at radius 2 is 1.49 bits per heavy atom. The molecule has 0 unspecified atom stereocenters. The Hall–Kier alpha value is -4.14. The van der Waals surface area contributed by atoms with Crippen LogP contribution < -0.4 is 9.62 Å². The van der Waals surface area contributed by atoms with Gasteiger partial charge in [0.1, 0.15) is 12.6 Å². The number of carbonyl (C=O) groups is 2. The maximum Gasteiger partial charge on any atom is 0.264 e. The number of hydrogen-bond donors (Lipinski definition) is 1. The number of para-hydroxylation sites is 1. The standard InChI is InChI=1S/C36H40ClN3O4S/c1-5-28(4)38-36(42)34(23-29-14-7-6-8-15-29)39(24-30-16-11-12-26(2)22-30)35(41)25-40(33-17-10-9-13-27(33)3)45(43,44)32-20-18-31(37)19-21-32/h6-22,28,34H,5,23-25H2,1-4H3,(H,38,42)/t28-,34+/m0/s1. The summed E-state index contributed by atoms with van der Waals surface area (Å²) < 4.78 is 29.5. The molecule has 4 aromatic rings. The number of halogens is 1. The van der Waals surface area contributed by atoms with E-state index in [2.05, 4.69) is 5.32 Å². The molecule has 0 heterocycles. The van der Waals surface area contributed by atoms with Crippen molar-refractivity contribution in [1.29, 1.82) is 0 Å². The van der Waals surface area contributed by atoms with Gasteiger partial charge in [0.15, 0.2) is 0 Å². The molecular weight excluding hydrogens is 606 g/mol. The van der Waals surface area contributed by atoms with Crippen molar-refractivity contribution < 1.29 is 18.0 Å². The van der Waals surface area contributed by atoms with Crippen LogP contribution in [0.1, 0.15) is 42.5 Å². The third-order valence-corrected chi connectivity index (χ3v) is 9.80. The van der Waals surface area contributed by atoms with Gasteiger partial charge < -0.3 is 10.2 Å². The first-order valence-corrected chi connectivity index (χ1v) is 16.8. The van der Waals surface area contributed by atoms with Gasteiger partial charge in [-0.3, -0.25) is 13.9 Å². The monoisotopic (exact) mass is 645 g/mol. The lowest BCUT2D eigenvalue weighted by Crippen LogP contribution is -2.54. The number of nitrogens with one attached hydrogen (secondary N) is 1. The molecule has 4 rings (SSSR count). The van der Waals surface area contributed by atoms with Crippen LogP contribution in [0.4, 0.5) is 5.69 Å². The topological polar surface area (TPSA) is 86.8 Å². The lowest BCUT2D eigenvalue weighted by atomic mass is 10.0. The third-order valence-electron chi connectivity index (χ3n) is 7.77. The van der Waals surface area contributed by atoms with Crippen molar-refractivity contribution in [2.24, 2.45) is 0 Å². The zero-order valence-corrected chi connectivity index (χ0v) is 27.7. The number of rotatable bonds is 13. The molecule has 0 aliphatic carbocycles. The van der Waals surface area contributed by atoms with Crippen molar-refractivity contribution in [2.75, 3.05) is 10.8 Å². The Balaban J connectivity index is 1.82. The number of carbonyl (C=O) groups excluding carboxylic acids is 2. The Morgan fingerprint density at radius 3 is 2.13 bits per heavy atom. The molecule has 4 aromatic carbocycles. The average Bonchev–Trinajstić information content (AvgIpc) is 3.02. The van der Waals surface area contributed by atoms with Gasteiger partial charge in [-0.1, -0.05) is 96.9 Å². The van der Waals surface area contributed by atoms with E-state index in [9.17, 15) is 18.0 Å². The van der Waals surface area contributed by atoms with Crippen molar-refractivity contribution in [3.63, 3.8) is 0 Å². The van der Waals surface area contributed by atoms with Crippen molar-refractivity contribution in [3.8, 4) is 0 Å². The highest BCUT2D eigenvalue weighted by Gasteiger charge is 2.35. The molecular formula is C36H40ClN3O4S. The number of amides is 2. The van der Waals surface area contributed by atoms with Gasteiger partial charge >= 0.3 is 0 Å². The van der Waals surface area contributed by atoms with Crippen LogP contribution in [0.5, 0.6) is 0 Å². The Morgan fingerprint density at radius 1 is 0.844 bits per heavy atom. The van der Waals surface area contributed by atoms with Crippen LogP contribution in [-0.2, 0) is 32.6 Å². The minimum absolute atomic E-state index is 0.00327. The summed E-state index contributed by atoms with van der Waals surface area (Å²) in [4.78, 5) is 30.0. The highest BCUT2D eigenvalue weighted by atomic mass is 35.5. The van der Waals surface area contributed by atoms with Crippen LogP contribution in [-0.4, -0.2) is 43.8 Å². The number of hydrogen-bond acceptors (Lipinski definition) is 4. The molecule has 0 aromatic heterocycles. The van der Waals surface area contributed by atoms with E-state index in [1.807, 2.05) is 81.4 Å². The van der Waals surface area contributed by atoms with E-state index < -0.39 is 28.5 Å². The van der Waals surface area contributed by atoms with Crippen molar-refractivity contribution in [2.45, 2.75) is 64.1 Å². The molecule has 0 saturated carbocycles. The molecule has 0 aliphatic heterocycles. The van der Waals surface area contributed by atoms with Gasteiger partial charge in [-0.15, -0.1) is 0 Å². The summed E-state index contributed by atoms with van der Waals surface area (Å²) in [5, 5.41) is 3.46. The Bertz CT molecular complexity index is 1710. The highest BCUT2D eigenvalue weighted by molar-refractivity contribution is 7.92. The zero-order chi connectivity index (χ0) is 32.6. The molecule has 1 N–H and O–H groups in total. The summed E-state index contributed by atoms with van der Waals surface area (Å²) in [5.41, 5.74) is 3.79. The van der Waals surface area contributed by atoms with E-state index >= 15 is 0 Å². The molecule has 2 atom stereocenters. The van der Waals surface area contributed by atoms with Crippen LogP contribution in [0.3, 0.4) is 0 Å². The SMILES string of the molecule is CC[C@H](C)NC(=O)[C@@H](Cc1ccccc1)N(Cc1cccc(C)c1)C(=O)CN(c1ccccc1C)S(=O)(=O)c1ccc(Cl)cc1. The van der Waals surface area contributed by atoms with E-state index in [0.717, 1.165) is 27.4 Å². The summed E-state index contributed by atoms with van der Waals surface area (Å²) in [6, 6.07) is 29.1. The maximum absolute atomic E-state index is 14.6. The molecule has 0 saturated heterocycles. The number of nitrogens with zero attached hydrogens (tertiary/aromatic N) is 2. The Kier molecular flexibility index (Phi) is 11.4. The largest absolute Gasteiger partial charge is 0.352 e. The lowest BCUT2D eigenvalue weighted by Gasteiger charge is -2.34. The summed E-state index contributed by atoms with van der Waals surface area (Å²) in [6.07, 6.45) is 0.977. The third kappa shape index (κ3) is 8.74. The summed E-state index contributed by atoms with van der Waals surface area (Å²) in [5.74, 6) is -0.797. The quantitative estimate of drug-likeness (QED) is 0.175. The highest BCUT2D eigenvalue weighted by Crippen LogP contribution is 2.28. The van der Waals surface area contributed by atoms with E-state index in [4.69, 9.17) is 11.6 Å². The molecule has 0 radical (unpaired) electrons. The van der Waals surface area contributed by atoms with E-state index in [-0.39, 0.29) is 29.8 Å². The number of sulfonamides is 1. The molecule has 0 spiro atoms. The van der Waals surface area contributed by atoms with Crippen LogP contribution in [0.25, 0.3) is 0 Å². The summed E-state index contributed by atoms with van der Waals surface area (Å²) in [7, 11) is -4.20. The molecule has 236 valence electrons. The van der Waals surface area contributed by atoms with Gasteiger partial charge in [0.25, 0.3) is 10.0 Å². The van der Waals surface area contributed by atoms with E-state index in [1.165, 1.54) is 29.2 Å². The van der Waals surface area contributed by atoms with Crippen molar-refractivity contribution in [3.05, 3.63) is 130 Å². The lowest BCUT2D eigenvalue weighted by molar-refractivity contribution is -0.140. The predicted molar refractivity (Wildman–Crippen MR) is 181 cm³/mol. The zero-order valence-electron chi connectivity index (χ0n) is 26.1. The van der Waals surface area contributed by atoms with Crippen LogP contribution in [0.2, 0.25) is 5.02 Å². The first kappa shape index (κ1) is 33.7. The molecule has 45 heavy (non-hydrogen) atoms. The molecule has 0 aliphatic rings. The van der Waals surface area contributed by atoms with Crippen LogP contribution >= 0.6 is 11.6 Å².